The van der Waals surface area contributed by atoms with E-state index in [0.717, 1.165) is 37.0 Å². The van der Waals surface area contributed by atoms with Gasteiger partial charge in [-0.15, -0.1) is 11.3 Å². The van der Waals surface area contributed by atoms with E-state index in [9.17, 15) is 14.0 Å². The van der Waals surface area contributed by atoms with E-state index in [2.05, 4.69) is 12.2 Å². The Hall–Kier alpha value is -1.99. The van der Waals surface area contributed by atoms with Crippen LogP contribution in [0.1, 0.15) is 47.8 Å². The lowest BCUT2D eigenvalue weighted by atomic mass is 9.87. The van der Waals surface area contributed by atoms with Gasteiger partial charge in [-0.1, -0.05) is 13.0 Å². The number of benzene rings is 1. The Bertz CT molecular complexity index is 827. The lowest BCUT2D eigenvalue weighted by Crippen LogP contribution is -2.39. The highest BCUT2D eigenvalue weighted by atomic mass is 32.1. The lowest BCUT2D eigenvalue weighted by molar-refractivity contribution is -0.125. The highest BCUT2D eigenvalue weighted by Gasteiger charge is 2.24. The van der Waals surface area contributed by atoms with Crippen molar-refractivity contribution in [3.8, 4) is 0 Å². The summed E-state index contributed by atoms with van der Waals surface area (Å²) in [6.45, 7) is 1.97. The van der Waals surface area contributed by atoms with Gasteiger partial charge in [0.05, 0.1) is 6.61 Å². The third kappa shape index (κ3) is 4.65. The fourth-order valence-electron chi connectivity index (χ4n) is 3.48. The number of fused-ring (bicyclic) bond motifs is 1. The topological polar surface area (TPSA) is 64.6 Å². The molecule has 1 aliphatic carbocycles. The quantitative estimate of drug-likeness (QED) is 0.753. The van der Waals surface area contributed by atoms with Crippen molar-refractivity contribution in [1.29, 1.82) is 0 Å². The molecule has 1 aromatic heterocycles. The van der Waals surface area contributed by atoms with Gasteiger partial charge in [-0.05, 0) is 43.7 Å². The second kappa shape index (κ2) is 8.80. The van der Waals surface area contributed by atoms with Crippen molar-refractivity contribution in [3.63, 3.8) is 0 Å². The summed E-state index contributed by atoms with van der Waals surface area (Å²) in [6, 6.07) is 4.84. The standard InChI is InChI=1S/C20H24FNO4S/c1-12-6-8-13(9-7-12)22-17(23)11-26-20(24)19-14(10-25-2)18-15(21)4-3-5-16(18)27-19/h3-5,12-13H,6-11H2,1-2H3,(H,22,23). The van der Waals surface area contributed by atoms with Crippen LogP contribution in [0.15, 0.2) is 18.2 Å². The van der Waals surface area contributed by atoms with Crippen molar-refractivity contribution < 1.29 is 23.5 Å². The molecular formula is C20H24FNO4S. The van der Waals surface area contributed by atoms with Gasteiger partial charge in [0.25, 0.3) is 5.91 Å². The molecule has 1 aromatic carbocycles. The Balaban J connectivity index is 1.65. The normalized spacial score (nSPS) is 19.8. The molecule has 0 aliphatic heterocycles. The van der Waals surface area contributed by atoms with Crippen LogP contribution in [0.2, 0.25) is 0 Å². The van der Waals surface area contributed by atoms with E-state index in [1.54, 1.807) is 12.1 Å². The van der Waals surface area contributed by atoms with E-state index >= 15 is 0 Å². The molecule has 5 nitrogen and oxygen atoms in total. The predicted octanol–water partition coefficient (Wildman–Crippen LogP) is 4.04. The average molecular weight is 393 g/mol. The number of carbonyl (C=O) groups is 2. The lowest BCUT2D eigenvalue weighted by Gasteiger charge is -2.26. The van der Waals surface area contributed by atoms with Gasteiger partial charge >= 0.3 is 5.97 Å². The molecule has 0 bridgehead atoms. The summed E-state index contributed by atoms with van der Waals surface area (Å²) in [4.78, 5) is 24.9. The molecule has 2 aromatic rings. The van der Waals surface area contributed by atoms with E-state index in [1.165, 1.54) is 13.2 Å². The number of hydrogen-bond acceptors (Lipinski definition) is 5. The number of esters is 1. The van der Waals surface area contributed by atoms with Crippen LogP contribution in [-0.2, 0) is 20.9 Å². The summed E-state index contributed by atoms with van der Waals surface area (Å²) < 4.78 is 25.1. The molecule has 1 amide bonds. The minimum absolute atomic E-state index is 0.0951. The minimum atomic E-state index is -0.630. The molecular weight excluding hydrogens is 369 g/mol. The Morgan fingerprint density at radius 2 is 2.00 bits per heavy atom. The first-order valence-corrected chi connectivity index (χ1v) is 9.96. The van der Waals surface area contributed by atoms with Crippen LogP contribution in [0.4, 0.5) is 4.39 Å². The zero-order chi connectivity index (χ0) is 19.4. The van der Waals surface area contributed by atoms with Crippen molar-refractivity contribution in [2.45, 2.75) is 45.3 Å². The Labute approximate surface area is 161 Å². The Morgan fingerprint density at radius 1 is 1.26 bits per heavy atom. The second-order valence-electron chi connectivity index (χ2n) is 7.06. The first-order chi connectivity index (χ1) is 13.0. The average Bonchev–Trinajstić information content (AvgIpc) is 3.02. The van der Waals surface area contributed by atoms with Gasteiger partial charge in [0, 0.05) is 28.8 Å². The monoisotopic (exact) mass is 393 g/mol. The third-order valence-electron chi connectivity index (χ3n) is 4.95. The van der Waals surface area contributed by atoms with Gasteiger partial charge in [0.2, 0.25) is 0 Å². The number of amides is 1. The first kappa shape index (κ1) is 19.8. The van der Waals surface area contributed by atoms with Gasteiger partial charge in [-0.3, -0.25) is 4.79 Å². The molecule has 146 valence electrons. The van der Waals surface area contributed by atoms with Crippen LogP contribution < -0.4 is 5.32 Å². The largest absolute Gasteiger partial charge is 0.451 e. The number of methoxy groups -OCH3 is 1. The van der Waals surface area contributed by atoms with Gasteiger partial charge in [-0.2, -0.15) is 0 Å². The number of nitrogens with one attached hydrogen (secondary N) is 1. The number of ether oxygens (including phenoxy) is 2. The van der Waals surface area contributed by atoms with Gasteiger partial charge in [0.1, 0.15) is 10.7 Å². The van der Waals surface area contributed by atoms with Crippen molar-refractivity contribution >= 4 is 33.3 Å². The maximum absolute atomic E-state index is 14.2. The van der Waals surface area contributed by atoms with Crippen molar-refractivity contribution in [2.75, 3.05) is 13.7 Å². The number of hydrogen-bond donors (Lipinski definition) is 1. The predicted molar refractivity (Wildman–Crippen MR) is 102 cm³/mol. The molecule has 27 heavy (non-hydrogen) atoms. The molecule has 0 saturated heterocycles. The smallest absolute Gasteiger partial charge is 0.349 e. The zero-order valence-electron chi connectivity index (χ0n) is 15.5. The summed E-state index contributed by atoms with van der Waals surface area (Å²) in [5, 5.41) is 3.30. The Morgan fingerprint density at radius 3 is 2.70 bits per heavy atom. The van der Waals surface area contributed by atoms with Crippen LogP contribution in [0.25, 0.3) is 10.1 Å². The van der Waals surface area contributed by atoms with E-state index < -0.39 is 11.8 Å². The molecule has 1 N–H and O–H groups in total. The summed E-state index contributed by atoms with van der Waals surface area (Å²) in [7, 11) is 1.48. The van der Waals surface area contributed by atoms with Crippen molar-refractivity contribution in [1.82, 2.24) is 5.32 Å². The Kier molecular flexibility index (Phi) is 6.44. The zero-order valence-corrected chi connectivity index (χ0v) is 16.4. The van der Waals surface area contributed by atoms with Crippen LogP contribution in [0, 0.1) is 11.7 Å². The van der Waals surface area contributed by atoms with Gasteiger partial charge < -0.3 is 14.8 Å². The van der Waals surface area contributed by atoms with Crippen molar-refractivity contribution in [3.05, 3.63) is 34.5 Å². The van der Waals surface area contributed by atoms with E-state index in [1.807, 2.05) is 0 Å². The van der Waals surface area contributed by atoms with Crippen LogP contribution in [0.5, 0.6) is 0 Å². The number of thiophene rings is 1. The van der Waals surface area contributed by atoms with Crippen molar-refractivity contribution in [2.24, 2.45) is 5.92 Å². The van der Waals surface area contributed by atoms with E-state index in [4.69, 9.17) is 9.47 Å². The molecule has 0 atom stereocenters. The number of halogens is 1. The molecule has 7 heteroatoms. The molecule has 0 radical (unpaired) electrons. The summed E-state index contributed by atoms with van der Waals surface area (Å²) >= 11 is 1.15. The number of carbonyl (C=O) groups excluding carboxylic acids is 2. The van der Waals surface area contributed by atoms with Crippen LogP contribution in [0.3, 0.4) is 0 Å². The number of rotatable bonds is 6. The summed E-state index contributed by atoms with van der Waals surface area (Å²) in [6.07, 6.45) is 4.10. The fourth-order valence-corrected chi connectivity index (χ4v) is 4.60. The highest BCUT2D eigenvalue weighted by Crippen LogP contribution is 2.34. The summed E-state index contributed by atoms with van der Waals surface area (Å²) in [5.74, 6) is -0.638. The first-order valence-electron chi connectivity index (χ1n) is 9.15. The van der Waals surface area contributed by atoms with Crippen LogP contribution >= 0.6 is 11.3 Å². The van der Waals surface area contributed by atoms with E-state index in [0.29, 0.717) is 21.6 Å². The van der Waals surface area contributed by atoms with Crippen LogP contribution in [-0.4, -0.2) is 31.6 Å². The highest BCUT2D eigenvalue weighted by molar-refractivity contribution is 7.21. The minimum Gasteiger partial charge on any atom is -0.451 e. The summed E-state index contributed by atoms with van der Waals surface area (Å²) in [5.41, 5.74) is 0.460. The van der Waals surface area contributed by atoms with Gasteiger partial charge in [-0.25, -0.2) is 9.18 Å². The molecule has 3 rings (SSSR count). The molecule has 0 unspecified atom stereocenters. The second-order valence-corrected chi connectivity index (χ2v) is 8.11. The van der Waals surface area contributed by atoms with E-state index in [-0.39, 0.29) is 30.0 Å². The fraction of sp³-hybridized carbons (Fsp3) is 0.500. The molecule has 1 fully saturated rings. The SMILES string of the molecule is COCc1c(C(=O)OCC(=O)NC2CCC(C)CC2)sc2cccc(F)c12. The van der Waals surface area contributed by atoms with Gasteiger partial charge in [0.15, 0.2) is 6.61 Å². The molecule has 1 heterocycles. The molecule has 1 aliphatic rings. The molecule has 1 saturated carbocycles. The maximum atomic E-state index is 14.2. The molecule has 0 spiro atoms. The third-order valence-corrected chi connectivity index (χ3v) is 6.13. The maximum Gasteiger partial charge on any atom is 0.349 e.